The van der Waals surface area contributed by atoms with Gasteiger partial charge < -0.3 is 46.5 Å². The monoisotopic (exact) mass is 310 g/mol. The van der Waals surface area contributed by atoms with Gasteiger partial charge in [-0.15, -0.1) is 0 Å². The highest BCUT2D eigenvalue weighted by Gasteiger charge is 2.34. The van der Waals surface area contributed by atoms with Crippen molar-refractivity contribution >= 4 is 0 Å². The molecule has 0 saturated carbocycles. The second-order valence-corrected chi connectivity index (χ2v) is 5.15. The van der Waals surface area contributed by atoms with E-state index < -0.39 is 36.8 Å². The summed E-state index contributed by atoms with van der Waals surface area (Å²) >= 11 is 0. The van der Waals surface area contributed by atoms with Gasteiger partial charge in [-0.2, -0.15) is 0 Å². The summed E-state index contributed by atoms with van der Waals surface area (Å²) in [6.07, 6.45) is -4.91. The number of hydrogen-bond acceptors (Lipinski definition) is 9. The molecule has 0 radical (unpaired) electrons. The first kappa shape index (κ1) is 18.7. The number of ether oxygens (including phenoxy) is 2. The van der Waals surface area contributed by atoms with E-state index in [1.165, 1.54) is 0 Å². The first-order valence-corrected chi connectivity index (χ1v) is 6.98. The van der Waals surface area contributed by atoms with E-state index in [9.17, 15) is 10.2 Å². The quantitative estimate of drug-likeness (QED) is 0.270. The fraction of sp³-hybridized carbons (Fsp3) is 1.00. The Morgan fingerprint density at radius 2 is 1.43 bits per heavy atom. The van der Waals surface area contributed by atoms with Crippen LogP contribution in [0.15, 0.2) is 0 Å². The Hall–Kier alpha value is -0.360. The van der Waals surface area contributed by atoms with E-state index >= 15 is 0 Å². The molecule has 2 rings (SSSR count). The van der Waals surface area contributed by atoms with Crippen LogP contribution in [0.5, 0.6) is 0 Å². The zero-order chi connectivity index (χ0) is 16.0. The lowest BCUT2D eigenvalue weighted by molar-refractivity contribution is -0.228. The molecule has 9 heteroatoms. The molecule has 2 heterocycles. The first-order valence-electron chi connectivity index (χ1n) is 6.98. The molecule has 9 nitrogen and oxygen atoms in total. The molecule has 0 spiro atoms. The average molecular weight is 310 g/mol. The maximum absolute atomic E-state index is 9.19. The van der Waals surface area contributed by atoms with Crippen LogP contribution >= 0.6 is 0 Å². The van der Waals surface area contributed by atoms with Crippen LogP contribution in [0.2, 0.25) is 0 Å². The summed E-state index contributed by atoms with van der Waals surface area (Å²) in [5.74, 6) is 0. The van der Waals surface area contributed by atoms with Gasteiger partial charge in [0.2, 0.25) is 0 Å². The van der Waals surface area contributed by atoms with Gasteiger partial charge in [0.05, 0.1) is 18.3 Å². The molecule has 0 bridgehead atoms. The molecule has 0 aromatic carbocycles. The molecule has 126 valence electrons. The third-order valence-electron chi connectivity index (χ3n) is 3.54. The third-order valence-corrected chi connectivity index (χ3v) is 3.54. The summed E-state index contributed by atoms with van der Waals surface area (Å²) in [6.45, 7) is 0.841. The highest BCUT2D eigenvalue weighted by atomic mass is 16.6. The minimum atomic E-state index is -1.01. The first-order chi connectivity index (χ1) is 9.90. The van der Waals surface area contributed by atoms with Crippen molar-refractivity contribution in [2.75, 3.05) is 19.7 Å². The molecule has 0 aromatic heterocycles. The van der Waals surface area contributed by atoms with Crippen molar-refractivity contribution in [1.82, 2.24) is 0 Å². The molecular weight excluding hydrogens is 284 g/mol. The van der Waals surface area contributed by atoms with Gasteiger partial charge in [-0.05, 0) is 6.42 Å². The molecule has 21 heavy (non-hydrogen) atoms. The van der Waals surface area contributed by atoms with Gasteiger partial charge in [0.1, 0.15) is 18.3 Å². The Morgan fingerprint density at radius 1 is 0.857 bits per heavy atom. The molecular formula is C12H26N2O7. The highest BCUT2D eigenvalue weighted by Crippen LogP contribution is 2.17. The van der Waals surface area contributed by atoms with E-state index in [1.807, 2.05) is 0 Å². The van der Waals surface area contributed by atoms with E-state index in [1.54, 1.807) is 0 Å². The predicted octanol–water partition coefficient (Wildman–Crippen LogP) is -3.77. The van der Waals surface area contributed by atoms with Crippen LogP contribution in [0.4, 0.5) is 0 Å². The van der Waals surface area contributed by atoms with E-state index in [0.717, 1.165) is 0 Å². The maximum atomic E-state index is 9.19. The Balaban J connectivity index is 0.000000211. The lowest BCUT2D eigenvalue weighted by atomic mass is 10.0. The van der Waals surface area contributed by atoms with Crippen molar-refractivity contribution in [3.05, 3.63) is 0 Å². The average Bonchev–Trinajstić information content (AvgIpc) is 2.46. The second kappa shape index (κ2) is 8.93. The highest BCUT2D eigenvalue weighted by molar-refractivity contribution is 4.82. The number of aliphatic hydroxyl groups excluding tert-OH is 5. The topological polar surface area (TPSA) is 172 Å². The van der Waals surface area contributed by atoms with Gasteiger partial charge in [0.25, 0.3) is 0 Å². The lowest BCUT2D eigenvalue weighted by Gasteiger charge is -2.34. The van der Waals surface area contributed by atoms with Crippen LogP contribution in [0.3, 0.4) is 0 Å². The van der Waals surface area contributed by atoms with Gasteiger partial charge >= 0.3 is 0 Å². The number of aliphatic hydroxyl groups is 5. The van der Waals surface area contributed by atoms with E-state index in [-0.39, 0.29) is 25.6 Å². The molecule has 0 aliphatic carbocycles. The zero-order valence-electron chi connectivity index (χ0n) is 11.8. The molecule has 9 N–H and O–H groups in total. The Morgan fingerprint density at radius 3 is 1.95 bits per heavy atom. The van der Waals surface area contributed by atoms with E-state index in [0.29, 0.717) is 13.0 Å². The molecule has 0 aromatic rings. The Kier molecular flexibility index (Phi) is 7.95. The normalized spacial score (nSPS) is 43.9. The molecule has 4 unspecified atom stereocenters. The smallest absolute Gasteiger partial charge is 0.157 e. The second-order valence-electron chi connectivity index (χ2n) is 5.15. The van der Waals surface area contributed by atoms with Gasteiger partial charge in [0.15, 0.2) is 6.29 Å². The fourth-order valence-electron chi connectivity index (χ4n) is 2.19. The lowest BCUT2D eigenvalue weighted by Crippen LogP contribution is -2.51. The number of nitrogens with two attached hydrogens (primary N) is 2. The standard InChI is InChI=1S/C6H13NO4.C6H13NO3/c7-2-4-6(10)3(8)1-5(9)11-4;7-3-5-6(9)4(8)1-2-10-5/h3-6,8-10H,1-2,7H2;4-6,8-9H,1-3,7H2/t3?,4?,5-,6-;4?,5?,6-/m00/s1. The van der Waals surface area contributed by atoms with Crippen molar-refractivity contribution in [2.24, 2.45) is 11.5 Å². The molecule has 7 atom stereocenters. The predicted molar refractivity (Wildman–Crippen MR) is 72.0 cm³/mol. The molecule has 0 amide bonds. The Labute approximate surface area is 123 Å². The van der Waals surface area contributed by atoms with Crippen LogP contribution in [-0.4, -0.2) is 88.1 Å². The maximum Gasteiger partial charge on any atom is 0.157 e. The van der Waals surface area contributed by atoms with Crippen LogP contribution in [0.25, 0.3) is 0 Å². The molecule has 2 aliphatic heterocycles. The molecule has 2 saturated heterocycles. The van der Waals surface area contributed by atoms with Crippen molar-refractivity contribution in [1.29, 1.82) is 0 Å². The van der Waals surface area contributed by atoms with Gasteiger partial charge in [-0.3, -0.25) is 0 Å². The van der Waals surface area contributed by atoms with Gasteiger partial charge in [-0.25, -0.2) is 0 Å². The van der Waals surface area contributed by atoms with Crippen molar-refractivity contribution in [2.45, 2.75) is 55.8 Å². The summed E-state index contributed by atoms with van der Waals surface area (Å²) in [7, 11) is 0. The SMILES string of the molecule is NCC1OCCC(O)[C@@H]1O.NCC1O[C@H](O)CC(O)[C@@H]1O. The fourth-order valence-corrected chi connectivity index (χ4v) is 2.19. The van der Waals surface area contributed by atoms with Crippen LogP contribution < -0.4 is 11.5 Å². The van der Waals surface area contributed by atoms with Crippen LogP contribution in [-0.2, 0) is 9.47 Å². The van der Waals surface area contributed by atoms with Crippen molar-refractivity contribution < 1.29 is 35.0 Å². The van der Waals surface area contributed by atoms with E-state index in [2.05, 4.69) is 0 Å². The summed E-state index contributed by atoms with van der Waals surface area (Å²) in [6, 6.07) is 0. The largest absolute Gasteiger partial charge is 0.390 e. The summed E-state index contributed by atoms with van der Waals surface area (Å²) in [5.41, 5.74) is 10.5. The number of hydrogen-bond donors (Lipinski definition) is 7. The summed E-state index contributed by atoms with van der Waals surface area (Å²) in [4.78, 5) is 0. The van der Waals surface area contributed by atoms with Gasteiger partial charge in [-0.1, -0.05) is 0 Å². The summed E-state index contributed by atoms with van der Waals surface area (Å²) < 4.78 is 9.91. The third kappa shape index (κ3) is 5.40. The Bertz CT molecular complexity index is 297. The minimum Gasteiger partial charge on any atom is -0.390 e. The van der Waals surface area contributed by atoms with Crippen molar-refractivity contribution in [3.63, 3.8) is 0 Å². The van der Waals surface area contributed by atoms with Gasteiger partial charge in [0, 0.05) is 26.1 Å². The zero-order valence-corrected chi connectivity index (χ0v) is 11.8. The van der Waals surface area contributed by atoms with Crippen LogP contribution in [0.1, 0.15) is 12.8 Å². The summed E-state index contributed by atoms with van der Waals surface area (Å²) in [5, 5.41) is 45.5. The number of rotatable bonds is 2. The van der Waals surface area contributed by atoms with E-state index in [4.69, 9.17) is 36.3 Å². The molecule has 2 aliphatic rings. The van der Waals surface area contributed by atoms with Crippen LogP contribution in [0, 0.1) is 0 Å². The van der Waals surface area contributed by atoms with Crippen molar-refractivity contribution in [3.8, 4) is 0 Å². The molecule has 2 fully saturated rings. The minimum absolute atomic E-state index is 0.0394.